The molecule has 0 amide bonds. The van der Waals surface area contributed by atoms with E-state index in [2.05, 4.69) is 16.5 Å². The predicted molar refractivity (Wildman–Crippen MR) is 101 cm³/mol. The summed E-state index contributed by atoms with van der Waals surface area (Å²) in [5, 5.41) is 0. The van der Waals surface area contributed by atoms with Gasteiger partial charge in [-0.1, -0.05) is 17.7 Å². The van der Waals surface area contributed by atoms with E-state index in [1.165, 1.54) is 0 Å². The Morgan fingerprint density at radius 3 is 2.48 bits per heavy atom. The van der Waals surface area contributed by atoms with Gasteiger partial charge in [-0.3, -0.25) is 4.72 Å². The Labute approximate surface area is 149 Å². The van der Waals surface area contributed by atoms with Crippen LogP contribution in [0.15, 0.2) is 47.4 Å². The fourth-order valence-corrected chi connectivity index (χ4v) is 4.43. The van der Waals surface area contributed by atoms with Crippen LogP contribution in [0.25, 0.3) is 0 Å². The molecule has 2 aromatic rings. The summed E-state index contributed by atoms with van der Waals surface area (Å²) in [5.41, 5.74) is 3.42. The fourth-order valence-electron chi connectivity index (χ4n) is 3.14. The number of nitrogens with zero attached hydrogens (tertiary/aromatic N) is 1. The molecule has 134 valence electrons. The quantitative estimate of drug-likeness (QED) is 0.909. The first-order chi connectivity index (χ1) is 11.9. The molecule has 6 heteroatoms. The van der Waals surface area contributed by atoms with Crippen molar-refractivity contribution in [3.63, 3.8) is 0 Å². The molecule has 2 aromatic carbocycles. The summed E-state index contributed by atoms with van der Waals surface area (Å²) in [4.78, 5) is 2.58. The van der Waals surface area contributed by atoms with Gasteiger partial charge in [-0.2, -0.15) is 0 Å². The average Bonchev–Trinajstić information content (AvgIpc) is 2.55. The molecule has 0 aliphatic carbocycles. The molecule has 0 saturated carbocycles. The Bertz CT molecular complexity index is 847. The minimum Gasteiger partial charge on any atom is -0.377 e. The Balaban J connectivity index is 1.78. The Kier molecular flexibility index (Phi) is 5.01. The lowest BCUT2D eigenvalue weighted by atomic mass is 10.2. The Morgan fingerprint density at radius 2 is 1.84 bits per heavy atom. The number of hydrogen-bond acceptors (Lipinski definition) is 4. The standard InChI is InChI=1S/C19H24N2O3S/c1-14-4-9-19(15(2)12-14)25(22,23)20-17-5-7-18(8-6-17)21-10-11-24-13-16(21)3/h4-9,12,16,20H,10-11,13H2,1-3H3. The molecule has 0 aromatic heterocycles. The van der Waals surface area contributed by atoms with Crippen LogP contribution >= 0.6 is 0 Å². The molecule has 1 atom stereocenters. The molecule has 1 saturated heterocycles. The molecule has 1 heterocycles. The van der Waals surface area contributed by atoms with Crippen molar-refractivity contribution in [3.05, 3.63) is 53.6 Å². The minimum absolute atomic E-state index is 0.309. The highest BCUT2D eigenvalue weighted by molar-refractivity contribution is 7.92. The number of hydrogen-bond donors (Lipinski definition) is 1. The first-order valence-electron chi connectivity index (χ1n) is 8.41. The lowest BCUT2D eigenvalue weighted by Crippen LogP contribution is -2.43. The summed E-state index contributed by atoms with van der Waals surface area (Å²) in [7, 11) is -3.59. The van der Waals surface area contributed by atoms with E-state index in [1.807, 2.05) is 38.1 Å². The average molecular weight is 360 g/mol. The van der Waals surface area contributed by atoms with E-state index < -0.39 is 10.0 Å². The van der Waals surface area contributed by atoms with E-state index >= 15 is 0 Å². The molecule has 1 aliphatic rings. The maximum absolute atomic E-state index is 12.6. The van der Waals surface area contributed by atoms with Gasteiger partial charge >= 0.3 is 0 Å². The SMILES string of the molecule is Cc1ccc(S(=O)(=O)Nc2ccc(N3CCOCC3C)cc2)c(C)c1. The van der Waals surface area contributed by atoms with Crippen LogP contribution < -0.4 is 9.62 Å². The molecule has 1 aliphatic heterocycles. The van der Waals surface area contributed by atoms with Crippen LogP contribution in [-0.4, -0.2) is 34.2 Å². The highest BCUT2D eigenvalue weighted by Crippen LogP contribution is 2.24. The first-order valence-corrected chi connectivity index (χ1v) is 9.90. The number of sulfonamides is 1. The van der Waals surface area contributed by atoms with Crippen molar-refractivity contribution in [2.75, 3.05) is 29.4 Å². The summed E-state index contributed by atoms with van der Waals surface area (Å²) in [6.07, 6.45) is 0. The smallest absolute Gasteiger partial charge is 0.262 e. The number of ether oxygens (including phenoxy) is 1. The number of nitrogens with one attached hydrogen (secondary N) is 1. The van der Waals surface area contributed by atoms with E-state index in [1.54, 1.807) is 18.2 Å². The molecule has 0 spiro atoms. The monoisotopic (exact) mass is 360 g/mol. The number of morpholine rings is 1. The third-order valence-electron chi connectivity index (χ3n) is 4.44. The molecule has 0 radical (unpaired) electrons. The van der Waals surface area contributed by atoms with Gasteiger partial charge < -0.3 is 9.64 Å². The van der Waals surface area contributed by atoms with Gasteiger partial charge in [-0.15, -0.1) is 0 Å². The number of aryl methyl sites for hydroxylation is 2. The van der Waals surface area contributed by atoms with Gasteiger partial charge in [0.1, 0.15) is 0 Å². The topological polar surface area (TPSA) is 58.6 Å². The summed E-state index contributed by atoms with van der Waals surface area (Å²) >= 11 is 0. The lowest BCUT2D eigenvalue weighted by molar-refractivity contribution is 0.0989. The minimum atomic E-state index is -3.59. The van der Waals surface area contributed by atoms with Crippen LogP contribution in [-0.2, 0) is 14.8 Å². The maximum Gasteiger partial charge on any atom is 0.262 e. The summed E-state index contributed by atoms with van der Waals surface area (Å²) in [6, 6.07) is 13.1. The summed E-state index contributed by atoms with van der Waals surface area (Å²) < 4.78 is 33.4. The van der Waals surface area contributed by atoms with Gasteiger partial charge in [0, 0.05) is 24.0 Å². The van der Waals surface area contributed by atoms with Crippen LogP contribution in [0.2, 0.25) is 0 Å². The zero-order valence-electron chi connectivity index (χ0n) is 14.8. The molecular weight excluding hydrogens is 336 g/mol. The first kappa shape index (κ1) is 17.8. The normalized spacial score (nSPS) is 18.2. The lowest BCUT2D eigenvalue weighted by Gasteiger charge is -2.35. The highest BCUT2D eigenvalue weighted by Gasteiger charge is 2.20. The van der Waals surface area contributed by atoms with Crippen LogP contribution in [0.5, 0.6) is 0 Å². The Morgan fingerprint density at radius 1 is 1.12 bits per heavy atom. The van der Waals surface area contributed by atoms with E-state index in [0.717, 1.165) is 23.4 Å². The molecule has 5 nitrogen and oxygen atoms in total. The zero-order valence-corrected chi connectivity index (χ0v) is 15.6. The number of benzene rings is 2. The van der Waals surface area contributed by atoms with E-state index in [-0.39, 0.29) is 0 Å². The van der Waals surface area contributed by atoms with Crippen LogP contribution in [0.1, 0.15) is 18.1 Å². The van der Waals surface area contributed by atoms with Crippen molar-refractivity contribution < 1.29 is 13.2 Å². The van der Waals surface area contributed by atoms with Crippen LogP contribution in [0.3, 0.4) is 0 Å². The third-order valence-corrected chi connectivity index (χ3v) is 5.98. The molecule has 3 rings (SSSR count). The van der Waals surface area contributed by atoms with Crippen molar-refractivity contribution in [2.45, 2.75) is 31.7 Å². The number of anilines is 2. The van der Waals surface area contributed by atoms with Crippen molar-refractivity contribution in [2.24, 2.45) is 0 Å². The summed E-state index contributed by atoms with van der Waals surface area (Å²) in [5.74, 6) is 0. The third kappa shape index (κ3) is 3.96. The van der Waals surface area contributed by atoms with Crippen molar-refractivity contribution in [1.82, 2.24) is 0 Å². The van der Waals surface area contributed by atoms with Gasteiger partial charge in [0.15, 0.2) is 0 Å². The van der Waals surface area contributed by atoms with E-state index in [4.69, 9.17) is 4.74 Å². The molecular formula is C19H24N2O3S. The van der Waals surface area contributed by atoms with Gasteiger partial charge in [0.2, 0.25) is 0 Å². The Hall–Kier alpha value is -2.05. The second kappa shape index (κ2) is 7.06. The highest BCUT2D eigenvalue weighted by atomic mass is 32.2. The van der Waals surface area contributed by atoms with E-state index in [9.17, 15) is 8.42 Å². The van der Waals surface area contributed by atoms with Crippen molar-refractivity contribution in [3.8, 4) is 0 Å². The number of rotatable bonds is 4. The predicted octanol–water partition coefficient (Wildman–Crippen LogP) is 3.33. The van der Waals surface area contributed by atoms with Gasteiger partial charge in [-0.25, -0.2) is 8.42 Å². The maximum atomic E-state index is 12.6. The van der Waals surface area contributed by atoms with Gasteiger partial charge in [0.25, 0.3) is 10.0 Å². The zero-order chi connectivity index (χ0) is 18.0. The largest absolute Gasteiger partial charge is 0.377 e. The van der Waals surface area contributed by atoms with Crippen molar-refractivity contribution in [1.29, 1.82) is 0 Å². The van der Waals surface area contributed by atoms with Crippen LogP contribution in [0.4, 0.5) is 11.4 Å². The van der Waals surface area contributed by atoms with Crippen molar-refractivity contribution >= 4 is 21.4 Å². The molecule has 1 fully saturated rings. The van der Waals surface area contributed by atoms with Crippen LogP contribution in [0, 0.1) is 13.8 Å². The van der Waals surface area contributed by atoms with Gasteiger partial charge in [0.05, 0.1) is 18.1 Å². The molecule has 25 heavy (non-hydrogen) atoms. The molecule has 1 unspecified atom stereocenters. The fraction of sp³-hybridized carbons (Fsp3) is 0.368. The molecule has 1 N–H and O–H groups in total. The van der Waals surface area contributed by atoms with Gasteiger partial charge in [-0.05, 0) is 56.7 Å². The second-order valence-corrected chi connectivity index (χ2v) is 8.19. The molecule has 0 bridgehead atoms. The second-order valence-electron chi connectivity index (χ2n) is 6.54. The van der Waals surface area contributed by atoms with E-state index in [0.29, 0.717) is 29.8 Å². The summed E-state index contributed by atoms with van der Waals surface area (Å²) in [6.45, 7) is 8.14.